The maximum absolute atomic E-state index is 13.4. The minimum Gasteiger partial charge on any atom is -0.207 e. The van der Waals surface area contributed by atoms with Gasteiger partial charge in [-0.3, -0.25) is 0 Å². The number of sulfonamides is 1. The quantitative estimate of drug-likeness (QED) is 0.590. The van der Waals surface area contributed by atoms with Gasteiger partial charge in [0.05, 0.1) is 4.90 Å². The highest BCUT2D eigenvalue weighted by Gasteiger charge is 2.36. The minimum atomic E-state index is -3.79. The molecule has 5 nitrogen and oxygen atoms in total. The van der Waals surface area contributed by atoms with Crippen molar-refractivity contribution in [2.24, 2.45) is 11.8 Å². The van der Waals surface area contributed by atoms with E-state index in [0.717, 1.165) is 16.0 Å². The molecule has 0 bridgehead atoms. The lowest BCUT2D eigenvalue weighted by Gasteiger charge is -2.35. The fourth-order valence-corrected chi connectivity index (χ4v) is 7.01. The summed E-state index contributed by atoms with van der Waals surface area (Å²) < 4.78 is 29.7. The molecule has 0 amide bonds. The lowest BCUT2D eigenvalue weighted by molar-refractivity contribution is 0.409. The molecule has 0 fully saturated rings. The minimum absolute atomic E-state index is 0.0437. The van der Waals surface area contributed by atoms with Crippen molar-refractivity contribution in [3.8, 4) is 12.1 Å². The van der Waals surface area contributed by atoms with Gasteiger partial charge in [0.1, 0.15) is 17.7 Å². The van der Waals surface area contributed by atoms with Crippen molar-refractivity contribution >= 4 is 27.4 Å². The number of benzene rings is 2. The third kappa shape index (κ3) is 5.07. The molecule has 2 atom stereocenters. The molecule has 32 heavy (non-hydrogen) atoms. The summed E-state index contributed by atoms with van der Waals surface area (Å²) in [5, 5.41) is 19.4. The first-order valence-electron chi connectivity index (χ1n) is 10.5. The Hall–Kier alpha value is -2.58. The van der Waals surface area contributed by atoms with Crippen LogP contribution in [-0.4, -0.2) is 20.2 Å². The number of allylic oxidation sites excluding steroid dienone is 1. The Morgan fingerprint density at radius 3 is 2.47 bits per heavy atom. The van der Waals surface area contributed by atoms with Crippen LogP contribution in [0.25, 0.3) is 5.57 Å². The molecule has 1 N–H and O–H groups in total. The van der Waals surface area contributed by atoms with Gasteiger partial charge in [0.2, 0.25) is 10.0 Å². The van der Waals surface area contributed by atoms with Crippen LogP contribution >= 0.6 is 11.8 Å². The van der Waals surface area contributed by atoms with E-state index >= 15 is 0 Å². The van der Waals surface area contributed by atoms with E-state index in [4.69, 9.17) is 0 Å². The Kier molecular flexibility index (Phi) is 7.46. The molecule has 0 unspecified atom stereocenters. The first-order chi connectivity index (χ1) is 15.2. The zero-order valence-corrected chi connectivity index (χ0v) is 20.3. The lowest BCUT2D eigenvalue weighted by Crippen LogP contribution is -2.43. The first-order valence-corrected chi connectivity index (χ1v) is 13.0. The highest BCUT2D eigenvalue weighted by molar-refractivity contribution is 7.99. The number of nitrogens with one attached hydrogen (secondary N) is 1. The molecule has 0 radical (unpaired) electrons. The third-order valence-corrected chi connectivity index (χ3v) is 8.44. The Balaban J connectivity index is 2.10. The molecule has 166 valence electrons. The molecule has 2 aromatic carbocycles. The van der Waals surface area contributed by atoms with Gasteiger partial charge in [-0.05, 0) is 55.0 Å². The molecule has 0 aromatic heterocycles. The van der Waals surface area contributed by atoms with Crippen molar-refractivity contribution in [3.05, 3.63) is 64.7 Å². The summed E-state index contributed by atoms with van der Waals surface area (Å²) in [6, 6.07) is 16.6. The van der Waals surface area contributed by atoms with E-state index in [2.05, 4.69) is 4.72 Å². The number of rotatable bonds is 6. The first kappa shape index (κ1) is 24.1. The van der Waals surface area contributed by atoms with Crippen LogP contribution in [0.4, 0.5) is 0 Å². The number of nitriles is 2. The topological polar surface area (TPSA) is 93.8 Å². The standard InChI is InChI=1S/C25H27N3O2S2/c1-16(2)11-22(28-32(29,30)24-10-9-17(3)12-18(24)4)21-15-31-23-8-6-5-7-20(23)25(21)19(13-26)14-27/h5-10,12,16,21-22,28H,11,15H2,1-4H3/t21-,22-/m0/s1. The second-order valence-electron chi connectivity index (χ2n) is 8.55. The Bertz CT molecular complexity index is 1220. The van der Waals surface area contributed by atoms with Crippen molar-refractivity contribution < 1.29 is 8.42 Å². The fourth-order valence-electron chi connectivity index (χ4n) is 4.23. The summed E-state index contributed by atoms with van der Waals surface area (Å²) in [5.74, 6) is 0.511. The van der Waals surface area contributed by atoms with Crippen molar-refractivity contribution in [2.45, 2.75) is 49.9 Å². The predicted molar refractivity (Wildman–Crippen MR) is 128 cm³/mol. The zero-order valence-electron chi connectivity index (χ0n) is 18.7. The molecular formula is C25H27N3O2S2. The molecular weight excluding hydrogens is 438 g/mol. The highest BCUT2D eigenvalue weighted by Crippen LogP contribution is 2.44. The molecule has 7 heteroatoms. The van der Waals surface area contributed by atoms with Crippen LogP contribution in [0.2, 0.25) is 0 Å². The summed E-state index contributed by atoms with van der Waals surface area (Å²) in [7, 11) is -3.79. The number of thioether (sulfide) groups is 1. The maximum atomic E-state index is 13.4. The van der Waals surface area contributed by atoms with Gasteiger partial charge >= 0.3 is 0 Å². The maximum Gasteiger partial charge on any atom is 0.241 e. The molecule has 1 aliphatic heterocycles. The van der Waals surface area contributed by atoms with E-state index in [-0.39, 0.29) is 22.3 Å². The molecule has 1 heterocycles. The van der Waals surface area contributed by atoms with E-state index in [0.29, 0.717) is 23.3 Å². The average molecular weight is 466 g/mol. The van der Waals surface area contributed by atoms with Crippen LogP contribution in [0.1, 0.15) is 37.0 Å². The lowest BCUT2D eigenvalue weighted by atomic mass is 9.82. The van der Waals surface area contributed by atoms with E-state index in [1.807, 2.05) is 63.2 Å². The van der Waals surface area contributed by atoms with E-state index in [9.17, 15) is 18.9 Å². The molecule has 3 rings (SSSR count). The smallest absolute Gasteiger partial charge is 0.207 e. The number of hydrogen-bond acceptors (Lipinski definition) is 5. The molecule has 0 saturated carbocycles. The normalized spacial score (nSPS) is 16.7. The second kappa shape index (κ2) is 9.92. The molecule has 2 aromatic rings. The highest BCUT2D eigenvalue weighted by atomic mass is 32.2. The summed E-state index contributed by atoms with van der Waals surface area (Å²) in [6.45, 7) is 7.81. The third-order valence-electron chi connectivity index (χ3n) is 5.60. The molecule has 0 saturated heterocycles. The number of nitrogens with zero attached hydrogens (tertiary/aromatic N) is 2. The van der Waals surface area contributed by atoms with Crippen molar-refractivity contribution in [1.29, 1.82) is 10.5 Å². The largest absolute Gasteiger partial charge is 0.241 e. The predicted octanol–water partition coefficient (Wildman–Crippen LogP) is 5.22. The van der Waals surface area contributed by atoms with Crippen LogP contribution in [0.3, 0.4) is 0 Å². The summed E-state index contributed by atoms with van der Waals surface area (Å²) in [6.07, 6.45) is 0.588. The van der Waals surface area contributed by atoms with Gasteiger partial charge in [0.25, 0.3) is 0 Å². The van der Waals surface area contributed by atoms with Gasteiger partial charge in [0.15, 0.2) is 0 Å². The van der Waals surface area contributed by atoms with Crippen molar-refractivity contribution in [1.82, 2.24) is 4.72 Å². The van der Waals surface area contributed by atoms with Gasteiger partial charge in [-0.1, -0.05) is 49.7 Å². The van der Waals surface area contributed by atoms with Gasteiger partial charge in [0, 0.05) is 22.6 Å². The van der Waals surface area contributed by atoms with Crippen LogP contribution in [-0.2, 0) is 10.0 Å². The molecule has 0 aliphatic carbocycles. The van der Waals surface area contributed by atoms with Gasteiger partial charge < -0.3 is 0 Å². The van der Waals surface area contributed by atoms with E-state index < -0.39 is 16.1 Å². The van der Waals surface area contributed by atoms with Crippen molar-refractivity contribution in [3.63, 3.8) is 0 Å². The number of fused-ring (bicyclic) bond motifs is 1. The SMILES string of the molecule is Cc1ccc(S(=O)(=O)N[C@@H](CC(C)C)[C@@H]2CSc3ccccc3C2=C(C#N)C#N)c(C)c1. The Labute approximate surface area is 195 Å². The van der Waals surface area contributed by atoms with Gasteiger partial charge in [-0.2, -0.15) is 10.5 Å². The van der Waals surface area contributed by atoms with Crippen LogP contribution in [0.5, 0.6) is 0 Å². The molecule has 0 spiro atoms. The Morgan fingerprint density at radius 2 is 1.84 bits per heavy atom. The van der Waals surface area contributed by atoms with E-state index in [1.165, 1.54) is 0 Å². The average Bonchev–Trinajstić information content (AvgIpc) is 2.73. The summed E-state index contributed by atoms with van der Waals surface area (Å²) in [4.78, 5) is 1.26. The molecule has 1 aliphatic rings. The summed E-state index contributed by atoms with van der Waals surface area (Å²) in [5.41, 5.74) is 3.21. The van der Waals surface area contributed by atoms with E-state index in [1.54, 1.807) is 30.8 Å². The second-order valence-corrected chi connectivity index (χ2v) is 11.3. The van der Waals surface area contributed by atoms with Gasteiger partial charge in [-0.15, -0.1) is 11.8 Å². The van der Waals surface area contributed by atoms with Crippen LogP contribution in [0.15, 0.2) is 57.8 Å². The zero-order chi connectivity index (χ0) is 23.5. The van der Waals surface area contributed by atoms with Crippen LogP contribution < -0.4 is 4.72 Å². The van der Waals surface area contributed by atoms with Crippen molar-refractivity contribution in [2.75, 3.05) is 5.75 Å². The van der Waals surface area contributed by atoms with Crippen LogP contribution in [0, 0.1) is 48.3 Å². The van der Waals surface area contributed by atoms with Gasteiger partial charge in [-0.25, -0.2) is 13.1 Å². The Morgan fingerprint density at radius 1 is 1.16 bits per heavy atom. The number of aryl methyl sites for hydroxylation is 2. The monoisotopic (exact) mass is 465 g/mol. The summed E-state index contributed by atoms with van der Waals surface area (Å²) >= 11 is 1.63. The number of hydrogen-bond donors (Lipinski definition) is 1. The fraction of sp³-hybridized carbons (Fsp3) is 0.360.